The largest absolute Gasteiger partial charge is 0.427 e. The summed E-state index contributed by atoms with van der Waals surface area (Å²) in [5.41, 5.74) is 5.64. The second-order valence-corrected chi connectivity index (χ2v) is 7.75. The predicted octanol–water partition coefficient (Wildman–Crippen LogP) is 0.910. The molecule has 2 saturated heterocycles. The summed E-state index contributed by atoms with van der Waals surface area (Å²) in [4.78, 5) is 27.9. The van der Waals surface area contributed by atoms with Crippen LogP contribution in [0.5, 0.6) is 0 Å². The van der Waals surface area contributed by atoms with Crippen molar-refractivity contribution in [3.63, 3.8) is 0 Å². The molecule has 0 radical (unpaired) electrons. The minimum absolute atomic E-state index is 0.0314. The van der Waals surface area contributed by atoms with Crippen molar-refractivity contribution >= 4 is 35.1 Å². The van der Waals surface area contributed by atoms with Gasteiger partial charge in [0.25, 0.3) is 5.89 Å². The fraction of sp³-hybridized carbons (Fsp3) is 0.381. The normalized spacial score (nSPS) is 17.0. The van der Waals surface area contributed by atoms with Crippen molar-refractivity contribution in [2.45, 2.75) is 13.0 Å². The van der Waals surface area contributed by atoms with Gasteiger partial charge in [-0.3, -0.25) is 4.79 Å². The van der Waals surface area contributed by atoms with E-state index in [4.69, 9.17) is 9.15 Å². The molecule has 2 fully saturated rings. The summed E-state index contributed by atoms with van der Waals surface area (Å²) in [6, 6.07) is 8.06. The highest BCUT2D eigenvalue weighted by Gasteiger charge is 2.26. The zero-order valence-electron chi connectivity index (χ0n) is 17.7. The number of hydrogen-bond acceptors (Lipinski definition) is 10. The lowest BCUT2D eigenvalue weighted by Gasteiger charge is -2.27. The number of carbonyl (C=O) groups is 1. The summed E-state index contributed by atoms with van der Waals surface area (Å²) < 4.78 is 11.3. The number of ether oxygens (including phenoxy) is 1. The first kappa shape index (κ1) is 20.3. The van der Waals surface area contributed by atoms with Gasteiger partial charge in [-0.15, -0.1) is 0 Å². The molecule has 0 aliphatic carbocycles. The Bertz CT molecular complexity index is 1150. The Labute approximate surface area is 184 Å². The second-order valence-electron chi connectivity index (χ2n) is 7.75. The van der Waals surface area contributed by atoms with Crippen LogP contribution in [0, 0.1) is 6.92 Å². The number of anilines is 2. The van der Waals surface area contributed by atoms with Crippen LogP contribution in [0.4, 0.5) is 11.8 Å². The Hall–Kier alpha value is -3.57. The van der Waals surface area contributed by atoms with Crippen molar-refractivity contribution in [1.82, 2.24) is 25.6 Å². The van der Waals surface area contributed by atoms with Gasteiger partial charge in [0, 0.05) is 26.2 Å². The average Bonchev–Trinajstić information content (AvgIpc) is 3.21. The van der Waals surface area contributed by atoms with Crippen molar-refractivity contribution in [2.75, 3.05) is 49.7 Å². The molecule has 0 unspecified atom stereocenters. The third kappa shape index (κ3) is 4.39. The quantitative estimate of drug-likeness (QED) is 0.381. The predicted molar refractivity (Wildman–Crippen MR) is 119 cm³/mol. The molecule has 5 rings (SSSR count). The Kier molecular flexibility index (Phi) is 5.65. The van der Waals surface area contributed by atoms with E-state index in [0.717, 1.165) is 24.2 Å². The Morgan fingerprint density at radius 2 is 2.09 bits per heavy atom. The van der Waals surface area contributed by atoms with Crippen LogP contribution in [0.1, 0.15) is 21.8 Å². The molecule has 0 bridgehead atoms. The molecule has 0 saturated carbocycles. The first-order chi connectivity index (χ1) is 15.7. The van der Waals surface area contributed by atoms with E-state index in [1.807, 2.05) is 36.1 Å². The molecule has 1 aromatic carbocycles. The number of morpholine rings is 1. The minimum atomic E-state index is -0.366. The fourth-order valence-corrected chi connectivity index (χ4v) is 3.50. The number of oxazole rings is 1. The van der Waals surface area contributed by atoms with Gasteiger partial charge in [0.15, 0.2) is 5.82 Å². The molecule has 2 aliphatic heterocycles. The van der Waals surface area contributed by atoms with E-state index < -0.39 is 0 Å². The molecule has 0 atom stereocenters. The Morgan fingerprint density at radius 3 is 2.84 bits per heavy atom. The number of fused-ring (bicyclic) bond motifs is 1. The average molecular weight is 436 g/mol. The summed E-state index contributed by atoms with van der Waals surface area (Å²) in [5, 5.41) is 10.3. The van der Waals surface area contributed by atoms with Gasteiger partial charge in [-0.1, -0.05) is 29.8 Å². The molecule has 3 N–H and O–H groups in total. The van der Waals surface area contributed by atoms with Crippen molar-refractivity contribution in [3.05, 3.63) is 41.3 Å². The summed E-state index contributed by atoms with van der Waals surface area (Å²) in [6.45, 7) is 5.94. The standard InChI is InChI=1S/C21H24N8O3/c1-13-3-2-4-14(9-13)10-23-28-21-26-17-16(18(27-21)29-5-7-31-8-6-29)32-20(25-17)19(30)24-15-11-22-12-15/h2-4,9-10,15,22H,5-8,11-12H2,1H3,(H,24,30)(H,26,27,28)/b23-10+. The maximum Gasteiger partial charge on any atom is 0.307 e. The third-order valence-electron chi connectivity index (χ3n) is 5.28. The molecule has 32 heavy (non-hydrogen) atoms. The number of carbonyl (C=O) groups excluding carboxylic acids is 1. The number of rotatable bonds is 6. The molecule has 2 aromatic heterocycles. The lowest BCUT2D eigenvalue weighted by Crippen LogP contribution is -2.56. The van der Waals surface area contributed by atoms with Crippen LogP contribution < -0.4 is 21.0 Å². The maximum absolute atomic E-state index is 12.5. The number of benzene rings is 1. The molecule has 1 amide bonds. The van der Waals surface area contributed by atoms with E-state index in [1.165, 1.54) is 0 Å². The van der Waals surface area contributed by atoms with Crippen LogP contribution in [0.3, 0.4) is 0 Å². The number of nitrogens with zero attached hydrogens (tertiary/aromatic N) is 5. The second kappa shape index (κ2) is 8.89. The van der Waals surface area contributed by atoms with Gasteiger partial charge < -0.3 is 24.7 Å². The molecular formula is C21H24N8O3. The minimum Gasteiger partial charge on any atom is -0.427 e. The Balaban J connectivity index is 1.43. The number of hydrogen-bond donors (Lipinski definition) is 3. The summed E-state index contributed by atoms with van der Waals surface area (Å²) in [6.07, 6.45) is 1.70. The van der Waals surface area contributed by atoms with Crippen molar-refractivity contribution in [2.24, 2.45) is 5.10 Å². The van der Waals surface area contributed by atoms with Gasteiger partial charge >= 0.3 is 5.91 Å². The van der Waals surface area contributed by atoms with Crippen molar-refractivity contribution in [3.8, 4) is 0 Å². The topological polar surface area (TPSA) is 130 Å². The van der Waals surface area contributed by atoms with Crippen LogP contribution >= 0.6 is 0 Å². The van der Waals surface area contributed by atoms with E-state index >= 15 is 0 Å². The highest BCUT2D eigenvalue weighted by Crippen LogP contribution is 2.27. The van der Waals surface area contributed by atoms with E-state index in [2.05, 4.69) is 36.1 Å². The SMILES string of the molecule is Cc1cccc(/C=N/Nc2nc(N3CCOCC3)c3oc(C(=O)NC4CNC4)nc3n2)c1. The number of aryl methyl sites for hydroxylation is 1. The molecule has 166 valence electrons. The van der Waals surface area contributed by atoms with E-state index in [9.17, 15) is 4.79 Å². The lowest BCUT2D eigenvalue weighted by atomic mass is 10.2. The summed E-state index contributed by atoms with van der Waals surface area (Å²) >= 11 is 0. The molecular weight excluding hydrogens is 412 g/mol. The van der Waals surface area contributed by atoms with Gasteiger partial charge in [0.05, 0.1) is 25.5 Å². The van der Waals surface area contributed by atoms with Gasteiger partial charge in [0.1, 0.15) is 0 Å². The highest BCUT2D eigenvalue weighted by atomic mass is 16.5. The lowest BCUT2D eigenvalue weighted by molar-refractivity contribution is 0.0890. The first-order valence-corrected chi connectivity index (χ1v) is 10.5. The van der Waals surface area contributed by atoms with Crippen LogP contribution in [0.2, 0.25) is 0 Å². The highest BCUT2D eigenvalue weighted by molar-refractivity contribution is 5.94. The number of aromatic nitrogens is 3. The fourth-order valence-electron chi connectivity index (χ4n) is 3.50. The monoisotopic (exact) mass is 436 g/mol. The molecule has 11 nitrogen and oxygen atoms in total. The number of nitrogens with one attached hydrogen (secondary N) is 3. The molecule has 0 spiro atoms. The van der Waals surface area contributed by atoms with Gasteiger partial charge in [-0.25, -0.2) is 5.43 Å². The van der Waals surface area contributed by atoms with Crippen LogP contribution in [-0.2, 0) is 4.74 Å². The number of amides is 1. The summed E-state index contributed by atoms with van der Waals surface area (Å²) in [5.74, 6) is 0.431. The van der Waals surface area contributed by atoms with Crippen LogP contribution in [0.15, 0.2) is 33.8 Å². The molecule has 4 heterocycles. The third-order valence-corrected chi connectivity index (χ3v) is 5.28. The van der Waals surface area contributed by atoms with Gasteiger partial charge in [-0.05, 0) is 12.5 Å². The smallest absolute Gasteiger partial charge is 0.307 e. The molecule has 2 aliphatic rings. The van der Waals surface area contributed by atoms with Crippen LogP contribution in [-0.4, -0.2) is 72.5 Å². The maximum atomic E-state index is 12.5. The van der Waals surface area contributed by atoms with E-state index in [0.29, 0.717) is 43.4 Å². The van der Waals surface area contributed by atoms with E-state index in [-0.39, 0.29) is 23.8 Å². The summed E-state index contributed by atoms with van der Waals surface area (Å²) in [7, 11) is 0. The van der Waals surface area contributed by atoms with Gasteiger partial charge in [0.2, 0.25) is 17.2 Å². The molecule has 3 aromatic rings. The van der Waals surface area contributed by atoms with Crippen molar-refractivity contribution in [1.29, 1.82) is 0 Å². The first-order valence-electron chi connectivity index (χ1n) is 10.5. The van der Waals surface area contributed by atoms with Gasteiger partial charge in [-0.2, -0.15) is 20.1 Å². The zero-order valence-corrected chi connectivity index (χ0v) is 17.7. The van der Waals surface area contributed by atoms with Crippen LogP contribution in [0.25, 0.3) is 11.2 Å². The zero-order chi connectivity index (χ0) is 21.9. The van der Waals surface area contributed by atoms with E-state index in [1.54, 1.807) is 6.21 Å². The van der Waals surface area contributed by atoms with Crippen molar-refractivity contribution < 1.29 is 13.9 Å². The number of hydrazone groups is 1. The Morgan fingerprint density at radius 1 is 1.25 bits per heavy atom. The molecule has 11 heteroatoms.